The van der Waals surface area contributed by atoms with Crippen molar-refractivity contribution in [2.75, 3.05) is 0 Å². The molecule has 0 radical (unpaired) electrons. The normalized spacial score (nSPS) is 12.6. The molecule has 0 aliphatic heterocycles. The molecule has 0 bridgehead atoms. The Morgan fingerprint density at radius 2 is 2.00 bits per heavy atom. The average Bonchev–Trinajstić information content (AvgIpc) is 2.74. The molecule has 0 aliphatic rings. The van der Waals surface area contributed by atoms with Gasteiger partial charge in [-0.05, 0) is 24.5 Å². The van der Waals surface area contributed by atoms with Crippen LogP contribution in [0.1, 0.15) is 23.7 Å². The lowest BCUT2D eigenvalue weighted by atomic mass is 10.0. The summed E-state index contributed by atoms with van der Waals surface area (Å²) in [5.74, 6) is 0. The molecule has 2 rings (SSSR count). The molecular weight excluding hydrogens is 198 g/mol. The van der Waals surface area contributed by atoms with E-state index in [9.17, 15) is 0 Å². The number of hydrogen-bond acceptors (Lipinski definition) is 2. The molecule has 1 heterocycles. The number of aromatic nitrogens is 2. The van der Waals surface area contributed by atoms with Crippen LogP contribution in [0.15, 0.2) is 42.6 Å². The third-order valence-electron chi connectivity index (χ3n) is 2.70. The van der Waals surface area contributed by atoms with Gasteiger partial charge in [0.1, 0.15) is 0 Å². The second kappa shape index (κ2) is 4.94. The molecule has 0 fully saturated rings. The van der Waals surface area contributed by atoms with Gasteiger partial charge in [0.2, 0.25) is 0 Å². The summed E-state index contributed by atoms with van der Waals surface area (Å²) in [6.07, 6.45) is 3.86. The van der Waals surface area contributed by atoms with Crippen LogP contribution in [0.3, 0.4) is 0 Å². The zero-order chi connectivity index (χ0) is 11.4. The van der Waals surface area contributed by atoms with E-state index in [0.29, 0.717) is 0 Å². The Bertz CT molecular complexity index is 433. The van der Waals surface area contributed by atoms with E-state index in [2.05, 4.69) is 29.4 Å². The van der Waals surface area contributed by atoms with Crippen molar-refractivity contribution < 1.29 is 0 Å². The third kappa shape index (κ3) is 2.70. The molecule has 16 heavy (non-hydrogen) atoms. The Balaban J connectivity index is 1.91. The molecule has 1 unspecified atom stereocenters. The first-order valence-electron chi connectivity index (χ1n) is 5.55. The molecule has 1 aromatic heterocycles. The van der Waals surface area contributed by atoms with Gasteiger partial charge in [0, 0.05) is 19.3 Å². The fraction of sp³-hybridized carbons (Fsp3) is 0.308. The summed E-state index contributed by atoms with van der Waals surface area (Å²) in [6.45, 7) is 0. The fourth-order valence-electron chi connectivity index (χ4n) is 1.75. The highest BCUT2D eigenvalue weighted by molar-refractivity contribution is 5.15. The Morgan fingerprint density at radius 1 is 1.25 bits per heavy atom. The predicted octanol–water partition coefficient (Wildman–Crippen LogP) is 2.05. The van der Waals surface area contributed by atoms with Gasteiger partial charge in [0.15, 0.2) is 0 Å². The second-order valence-electron chi connectivity index (χ2n) is 4.05. The van der Waals surface area contributed by atoms with Gasteiger partial charge in [0.05, 0.1) is 5.69 Å². The molecule has 0 amide bonds. The van der Waals surface area contributed by atoms with Crippen molar-refractivity contribution in [1.82, 2.24) is 9.78 Å². The van der Waals surface area contributed by atoms with Gasteiger partial charge in [-0.3, -0.25) is 4.68 Å². The molecule has 0 saturated carbocycles. The van der Waals surface area contributed by atoms with Crippen LogP contribution in [-0.2, 0) is 13.5 Å². The lowest BCUT2D eigenvalue weighted by molar-refractivity contribution is 0.613. The van der Waals surface area contributed by atoms with Crippen molar-refractivity contribution in [3.8, 4) is 0 Å². The molecule has 0 spiro atoms. The highest BCUT2D eigenvalue weighted by Crippen LogP contribution is 2.14. The first-order chi connectivity index (χ1) is 7.75. The minimum Gasteiger partial charge on any atom is -0.323 e. The van der Waals surface area contributed by atoms with E-state index >= 15 is 0 Å². The Morgan fingerprint density at radius 3 is 2.62 bits per heavy atom. The van der Waals surface area contributed by atoms with E-state index in [1.165, 1.54) is 5.56 Å². The first-order valence-corrected chi connectivity index (χ1v) is 5.55. The topological polar surface area (TPSA) is 43.8 Å². The van der Waals surface area contributed by atoms with E-state index in [4.69, 9.17) is 5.73 Å². The van der Waals surface area contributed by atoms with Crippen LogP contribution in [-0.4, -0.2) is 9.78 Å². The van der Waals surface area contributed by atoms with E-state index in [1.54, 1.807) is 4.68 Å². The maximum Gasteiger partial charge on any atom is 0.0791 e. The summed E-state index contributed by atoms with van der Waals surface area (Å²) in [4.78, 5) is 0. The average molecular weight is 215 g/mol. The molecular formula is C13H17N3. The van der Waals surface area contributed by atoms with Crippen molar-refractivity contribution >= 4 is 0 Å². The zero-order valence-electron chi connectivity index (χ0n) is 9.50. The quantitative estimate of drug-likeness (QED) is 0.848. The van der Waals surface area contributed by atoms with E-state index in [0.717, 1.165) is 18.5 Å². The van der Waals surface area contributed by atoms with Crippen molar-refractivity contribution in [1.29, 1.82) is 0 Å². The highest BCUT2D eigenvalue weighted by Gasteiger charge is 2.08. The number of hydrogen-bond donors (Lipinski definition) is 1. The summed E-state index contributed by atoms with van der Waals surface area (Å²) in [7, 11) is 1.91. The molecule has 1 aromatic carbocycles. The summed E-state index contributed by atoms with van der Waals surface area (Å²) in [5, 5.41) is 4.31. The standard InChI is InChI=1S/C13H17N3/c1-16-10-9-13(15-16)12(14)8-7-11-5-3-2-4-6-11/h2-6,9-10,12H,7-8,14H2,1H3. The highest BCUT2D eigenvalue weighted by atomic mass is 15.3. The lowest BCUT2D eigenvalue weighted by Gasteiger charge is -2.08. The predicted molar refractivity (Wildman–Crippen MR) is 64.9 cm³/mol. The van der Waals surface area contributed by atoms with E-state index in [1.807, 2.05) is 25.4 Å². The Kier molecular flexibility index (Phi) is 3.37. The number of aryl methyl sites for hydroxylation is 2. The van der Waals surface area contributed by atoms with E-state index in [-0.39, 0.29) is 6.04 Å². The van der Waals surface area contributed by atoms with Crippen LogP contribution in [0.5, 0.6) is 0 Å². The molecule has 84 valence electrons. The fourth-order valence-corrected chi connectivity index (χ4v) is 1.75. The molecule has 1 atom stereocenters. The van der Waals surface area contributed by atoms with Crippen LogP contribution in [0.25, 0.3) is 0 Å². The summed E-state index contributed by atoms with van der Waals surface area (Å²) in [6, 6.07) is 12.4. The maximum atomic E-state index is 6.08. The number of benzene rings is 1. The van der Waals surface area contributed by atoms with Gasteiger partial charge in [-0.2, -0.15) is 5.10 Å². The number of nitrogens with two attached hydrogens (primary N) is 1. The van der Waals surface area contributed by atoms with Crippen LogP contribution in [0, 0.1) is 0 Å². The zero-order valence-corrected chi connectivity index (χ0v) is 9.50. The molecule has 2 N–H and O–H groups in total. The minimum atomic E-state index is 0.0291. The molecule has 3 heteroatoms. The van der Waals surface area contributed by atoms with Gasteiger partial charge in [-0.15, -0.1) is 0 Å². The largest absolute Gasteiger partial charge is 0.323 e. The number of nitrogens with zero attached hydrogens (tertiary/aromatic N) is 2. The molecule has 0 saturated heterocycles. The molecule has 0 aliphatic carbocycles. The Hall–Kier alpha value is -1.61. The smallest absolute Gasteiger partial charge is 0.0791 e. The van der Waals surface area contributed by atoms with Gasteiger partial charge in [-0.25, -0.2) is 0 Å². The Labute approximate surface area is 95.9 Å². The monoisotopic (exact) mass is 215 g/mol. The van der Waals surface area contributed by atoms with Crippen LogP contribution in [0.2, 0.25) is 0 Å². The van der Waals surface area contributed by atoms with Crippen molar-refractivity contribution in [2.45, 2.75) is 18.9 Å². The van der Waals surface area contributed by atoms with Gasteiger partial charge < -0.3 is 5.73 Å². The minimum absolute atomic E-state index is 0.0291. The molecule has 2 aromatic rings. The second-order valence-corrected chi connectivity index (χ2v) is 4.05. The lowest BCUT2D eigenvalue weighted by Crippen LogP contribution is -2.12. The van der Waals surface area contributed by atoms with Crippen molar-refractivity contribution in [2.24, 2.45) is 12.8 Å². The van der Waals surface area contributed by atoms with E-state index < -0.39 is 0 Å². The van der Waals surface area contributed by atoms with Crippen molar-refractivity contribution in [3.05, 3.63) is 53.9 Å². The van der Waals surface area contributed by atoms with Gasteiger partial charge in [-0.1, -0.05) is 30.3 Å². The molecule has 3 nitrogen and oxygen atoms in total. The maximum absolute atomic E-state index is 6.08. The first kappa shape index (κ1) is 10.9. The van der Waals surface area contributed by atoms with Crippen LogP contribution >= 0.6 is 0 Å². The third-order valence-corrected chi connectivity index (χ3v) is 2.70. The summed E-state index contributed by atoms with van der Waals surface area (Å²) in [5.41, 5.74) is 8.38. The number of rotatable bonds is 4. The van der Waals surface area contributed by atoms with Gasteiger partial charge in [0.25, 0.3) is 0 Å². The summed E-state index contributed by atoms with van der Waals surface area (Å²) >= 11 is 0. The summed E-state index contributed by atoms with van der Waals surface area (Å²) < 4.78 is 1.79. The SMILES string of the molecule is Cn1ccc(C(N)CCc2ccccc2)n1. The van der Waals surface area contributed by atoms with Gasteiger partial charge >= 0.3 is 0 Å². The van der Waals surface area contributed by atoms with Crippen molar-refractivity contribution in [3.63, 3.8) is 0 Å². The van der Waals surface area contributed by atoms with Crippen LogP contribution in [0.4, 0.5) is 0 Å². The van der Waals surface area contributed by atoms with Crippen LogP contribution < -0.4 is 5.73 Å².